The standard InChI is InChI=1S/C14H24N2O3S/c1-5-13(17)10-15-11(2)12-7-6-8-14(9-12)20(18,19)16(3)4/h6-9,11,13,15,17H,5,10H2,1-4H3/t11?,13-/m0/s1. The van der Waals surface area contributed by atoms with Gasteiger partial charge < -0.3 is 10.4 Å². The quantitative estimate of drug-likeness (QED) is 0.798. The zero-order valence-electron chi connectivity index (χ0n) is 12.5. The summed E-state index contributed by atoms with van der Waals surface area (Å²) in [6.07, 6.45) is 0.306. The fourth-order valence-corrected chi connectivity index (χ4v) is 2.69. The van der Waals surface area contributed by atoms with E-state index in [4.69, 9.17) is 0 Å². The molecule has 20 heavy (non-hydrogen) atoms. The van der Waals surface area contributed by atoms with Crippen LogP contribution in [-0.2, 0) is 10.0 Å². The molecule has 0 aliphatic heterocycles. The summed E-state index contributed by atoms with van der Waals surface area (Å²) in [6.45, 7) is 4.35. The Hall–Kier alpha value is -0.950. The third kappa shape index (κ3) is 4.28. The summed E-state index contributed by atoms with van der Waals surface area (Å²) in [7, 11) is -0.382. The van der Waals surface area contributed by atoms with E-state index >= 15 is 0 Å². The highest BCUT2D eigenvalue weighted by Crippen LogP contribution is 2.19. The lowest BCUT2D eigenvalue weighted by Crippen LogP contribution is -2.29. The van der Waals surface area contributed by atoms with E-state index in [1.54, 1.807) is 18.2 Å². The van der Waals surface area contributed by atoms with Gasteiger partial charge in [0.1, 0.15) is 0 Å². The minimum Gasteiger partial charge on any atom is -0.392 e. The minimum absolute atomic E-state index is 0.0199. The number of hydrogen-bond acceptors (Lipinski definition) is 4. The van der Waals surface area contributed by atoms with Crippen molar-refractivity contribution in [2.24, 2.45) is 0 Å². The van der Waals surface area contributed by atoms with Crippen molar-refractivity contribution in [2.45, 2.75) is 37.3 Å². The van der Waals surface area contributed by atoms with Crippen LogP contribution < -0.4 is 5.32 Å². The number of sulfonamides is 1. The Balaban J connectivity index is 2.88. The van der Waals surface area contributed by atoms with Gasteiger partial charge in [-0.2, -0.15) is 0 Å². The molecule has 0 saturated carbocycles. The predicted octanol–water partition coefficient (Wildman–Crippen LogP) is 1.36. The molecule has 0 amide bonds. The normalized spacial score (nSPS) is 15.3. The highest BCUT2D eigenvalue weighted by Gasteiger charge is 2.18. The number of aliphatic hydroxyl groups excluding tert-OH is 1. The smallest absolute Gasteiger partial charge is 0.242 e. The summed E-state index contributed by atoms with van der Waals surface area (Å²) in [5, 5.41) is 12.7. The lowest BCUT2D eigenvalue weighted by atomic mass is 10.1. The molecule has 6 heteroatoms. The SMILES string of the molecule is CC[C@H](O)CNC(C)c1cccc(S(=O)(=O)N(C)C)c1. The van der Waals surface area contributed by atoms with Gasteiger partial charge in [-0.05, 0) is 31.0 Å². The van der Waals surface area contributed by atoms with Gasteiger partial charge in [0.15, 0.2) is 0 Å². The van der Waals surface area contributed by atoms with E-state index in [1.807, 2.05) is 19.9 Å². The van der Waals surface area contributed by atoms with Crippen LogP contribution in [0.25, 0.3) is 0 Å². The molecular formula is C14H24N2O3S. The predicted molar refractivity (Wildman–Crippen MR) is 80.0 cm³/mol. The van der Waals surface area contributed by atoms with E-state index in [0.29, 0.717) is 13.0 Å². The van der Waals surface area contributed by atoms with E-state index < -0.39 is 10.0 Å². The molecule has 2 N–H and O–H groups in total. The monoisotopic (exact) mass is 300 g/mol. The molecule has 0 aromatic heterocycles. The molecule has 0 radical (unpaired) electrons. The first-order chi connectivity index (χ1) is 9.28. The highest BCUT2D eigenvalue weighted by molar-refractivity contribution is 7.89. The molecule has 0 fully saturated rings. The molecule has 0 saturated heterocycles. The summed E-state index contributed by atoms with van der Waals surface area (Å²) in [5.74, 6) is 0. The number of hydrogen-bond donors (Lipinski definition) is 2. The number of aliphatic hydroxyl groups is 1. The molecule has 0 aliphatic rings. The Kier molecular flexibility index (Phi) is 6.13. The molecule has 1 aromatic carbocycles. The molecule has 1 aromatic rings. The van der Waals surface area contributed by atoms with E-state index in [2.05, 4.69) is 5.32 Å². The van der Waals surface area contributed by atoms with Crippen LogP contribution >= 0.6 is 0 Å². The zero-order chi connectivity index (χ0) is 15.3. The van der Waals surface area contributed by atoms with Crippen molar-refractivity contribution in [3.05, 3.63) is 29.8 Å². The summed E-state index contributed by atoms with van der Waals surface area (Å²) < 4.78 is 25.4. The fraction of sp³-hybridized carbons (Fsp3) is 0.571. The zero-order valence-corrected chi connectivity index (χ0v) is 13.3. The molecule has 1 rings (SSSR count). The lowest BCUT2D eigenvalue weighted by Gasteiger charge is -2.18. The van der Waals surface area contributed by atoms with Gasteiger partial charge in [0.2, 0.25) is 10.0 Å². The molecule has 0 spiro atoms. The summed E-state index contributed by atoms with van der Waals surface area (Å²) in [6, 6.07) is 6.86. The van der Waals surface area contributed by atoms with Gasteiger partial charge in [0.05, 0.1) is 11.0 Å². The van der Waals surface area contributed by atoms with Gasteiger partial charge in [-0.15, -0.1) is 0 Å². The molecule has 0 aliphatic carbocycles. The van der Waals surface area contributed by atoms with Crippen molar-refractivity contribution in [1.82, 2.24) is 9.62 Å². The summed E-state index contributed by atoms with van der Waals surface area (Å²) in [5.41, 5.74) is 0.885. The van der Waals surface area contributed by atoms with Gasteiger partial charge in [-0.1, -0.05) is 19.1 Å². The van der Waals surface area contributed by atoms with Crippen molar-refractivity contribution in [3.63, 3.8) is 0 Å². The van der Waals surface area contributed by atoms with Crippen LogP contribution in [0, 0.1) is 0 Å². The lowest BCUT2D eigenvalue weighted by molar-refractivity contribution is 0.163. The van der Waals surface area contributed by atoms with Gasteiger partial charge >= 0.3 is 0 Å². The maximum absolute atomic E-state index is 12.1. The summed E-state index contributed by atoms with van der Waals surface area (Å²) in [4.78, 5) is 0.282. The Labute approximate surface area is 121 Å². The fourth-order valence-electron chi connectivity index (χ4n) is 1.73. The molecule has 114 valence electrons. The van der Waals surface area contributed by atoms with Gasteiger partial charge in [0.25, 0.3) is 0 Å². The van der Waals surface area contributed by atoms with Crippen molar-refractivity contribution in [1.29, 1.82) is 0 Å². The van der Waals surface area contributed by atoms with Crippen LogP contribution in [0.4, 0.5) is 0 Å². The van der Waals surface area contributed by atoms with Crippen LogP contribution in [0.1, 0.15) is 31.9 Å². The molecule has 1 unspecified atom stereocenters. The first-order valence-corrected chi connectivity index (χ1v) is 8.17. The Morgan fingerprint density at radius 1 is 1.35 bits per heavy atom. The number of rotatable bonds is 7. The van der Waals surface area contributed by atoms with Crippen molar-refractivity contribution in [2.75, 3.05) is 20.6 Å². The van der Waals surface area contributed by atoms with E-state index in [0.717, 1.165) is 5.56 Å². The molecule has 0 heterocycles. The second-order valence-electron chi connectivity index (χ2n) is 5.05. The Morgan fingerprint density at radius 3 is 2.55 bits per heavy atom. The van der Waals surface area contributed by atoms with Crippen LogP contribution in [0.3, 0.4) is 0 Å². The molecule has 0 bridgehead atoms. The number of nitrogens with one attached hydrogen (secondary N) is 1. The van der Waals surface area contributed by atoms with Crippen LogP contribution in [-0.4, -0.2) is 44.6 Å². The Bertz CT molecular complexity index is 529. The first kappa shape index (κ1) is 17.1. The topological polar surface area (TPSA) is 69.6 Å². The Morgan fingerprint density at radius 2 is 2.00 bits per heavy atom. The molecular weight excluding hydrogens is 276 g/mol. The van der Waals surface area contributed by atoms with Crippen LogP contribution in [0.5, 0.6) is 0 Å². The van der Waals surface area contributed by atoms with Gasteiger partial charge in [-0.25, -0.2) is 12.7 Å². The van der Waals surface area contributed by atoms with E-state index in [1.165, 1.54) is 18.4 Å². The minimum atomic E-state index is -3.41. The number of nitrogens with zero attached hydrogens (tertiary/aromatic N) is 1. The third-order valence-electron chi connectivity index (χ3n) is 3.27. The molecule has 2 atom stereocenters. The van der Waals surface area contributed by atoms with Gasteiger partial charge in [0, 0.05) is 26.7 Å². The average molecular weight is 300 g/mol. The van der Waals surface area contributed by atoms with Crippen LogP contribution in [0.2, 0.25) is 0 Å². The van der Waals surface area contributed by atoms with Gasteiger partial charge in [-0.3, -0.25) is 0 Å². The third-order valence-corrected chi connectivity index (χ3v) is 5.08. The maximum atomic E-state index is 12.1. The van der Waals surface area contributed by atoms with E-state index in [9.17, 15) is 13.5 Å². The average Bonchev–Trinajstić information content (AvgIpc) is 2.44. The maximum Gasteiger partial charge on any atom is 0.242 e. The molecule has 5 nitrogen and oxygen atoms in total. The van der Waals surface area contributed by atoms with E-state index in [-0.39, 0.29) is 17.0 Å². The second-order valence-corrected chi connectivity index (χ2v) is 7.20. The largest absolute Gasteiger partial charge is 0.392 e. The van der Waals surface area contributed by atoms with Crippen LogP contribution in [0.15, 0.2) is 29.2 Å². The first-order valence-electron chi connectivity index (χ1n) is 6.73. The second kappa shape index (κ2) is 7.17. The van der Waals surface area contributed by atoms with Crippen molar-refractivity contribution >= 4 is 10.0 Å². The summed E-state index contributed by atoms with van der Waals surface area (Å²) >= 11 is 0. The number of benzene rings is 1. The highest BCUT2D eigenvalue weighted by atomic mass is 32.2. The van der Waals surface area contributed by atoms with Crippen molar-refractivity contribution < 1.29 is 13.5 Å². The van der Waals surface area contributed by atoms with Crippen molar-refractivity contribution in [3.8, 4) is 0 Å².